The van der Waals surface area contributed by atoms with Gasteiger partial charge < -0.3 is 9.64 Å². The molecule has 0 bridgehead atoms. The Morgan fingerprint density at radius 1 is 1.30 bits per heavy atom. The molecule has 0 atom stereocenters. The van der Waals surface area contributed by atoms with Crippen LogP contribution in [-0.4, -0.2) is 43.8 Å². The van der Waals surface area contributed by atoms with Gasteiger partial charge in [-0.2, -0.15) is 0 Å². The van der Waals surface area contributed by atoms with Gasteiger partial charge in [-0.25, -0.2) is 27.2 Å². The Hall–Kier alpha value is -1.81. The minimum Gasteiger partial charge on any atom is -0.487 e. The number of aromatic nitrogens is 2. The van der Waals surface area contributed by atoms with E-state index in [-0.39, 0.29) is 17.6 Å². The van der Waals surface area contributed by atoms with Crippen LogP contribution in [-0.2, 0) is 15.6 Å². The van der Waals surface area contributed by atoms with Crippen molar-refractivity contribution in [3.8, 4) is 5.75 Å². The molecule has 2 aromatic rings. The highest BCUT2D eigenvalue weighted by Gasteiger charge is 2.24. The maximum Gasteiger partial charge on any atom is 0.167 e. The summed E-state index contributed by atoms with van der Waals surface area (Å²) in [6.07, 6.45) is 3.69. The van der Waals surface area contributed by atoms with E-state index in [1.807, 2.05) is 4.90 Å². The first-order valence-electron chi connectivity index (χ1n) is 8.27. The van der Waals surface area contributed by atoms with Crippen molar-refractivity contribution in [2.24, 2.45) is 0 Å². The van der Waals surface area contributed by atoms with Gasteiger partial charge in [0.15, 0.2) is 27.2 Å². The van der Waals surface area contributed by atoms with Crippen molar-refractivity contribution < 1.29 is 21.9 Å². The molecule has 1 aromatic heterocycles. The quantitative estimate of drug-likeness (QED) is 0.680. The van der Waals surface area contributed by atoms with Gasteiger partial charge in [0.1, 0.15) is 16.5 Å². The lowest BCUT2D eigenvalue weighted by atomic mass is 10.1. The van der Waals surface area contributed by atoms with E-state index in [1.54, 1.807) is 0 Å². The van der Waals surface area contributed by atoms with Gasteiger partial charge >= 0.3 is 0 Å². The average molecular weight is 462 g/mol. The first kappa shape index (κ1) is 19.9. The molecule has 6 nitrogen and oxygen atoms in total. The highest BCUT2D eigenvalue weighted by atomic mass is 79.9. The predicted molar refractivity (Wildman–Crippen MR) is 101 cm³/mol. The maximum absolute atomic E-state index is 13.7. The third-order valence-corrected chi connectivity index (χ3v) is 5.45. The zero-order valence-electron chi connectivity index (χ0n) is 14.5. The van der Waals surface area contributed by atoms with Crippen LogP contribution < -0.4 is 9.64 Å². The van der Waals surface area contributed by atoms with Crippen molar-refractivity contribution in [1.82, 2.24) is 9.97 Å². The number of hydrogen-bond acceptors (Lipinski definition) is 6. The Morgan fingerprint density at radius 2 is 2.00 bits per heavy atom. The number of benzene rings is 1. The molecule has 0 aliphatic carbocycles. The van der Waals surface area contributed by atoms with Gasteiger partial charge in [-0.05, 0) is 28.1 Å². The lowest BCUT2D eigenvalue weighted by Crippen LogP contribution is -2.39. The van der Waals surface area contributed by atoms with Crippen molar-refractivity contribution in [3.05, 3.63) is 46.3 Å². The Morgan fingerprint density at radius 3 is 2.59 bits per heavy atom. The monoisotopic (exact) mass is 461 g/mol. The van der Waals surface area contributed by atoms with E-state index in [9.17, 15) is 17.2 Å². The van der Waals surface area contributed by atoms with Crippen molar-refractivity contribution >= 4 is 31.6 Å². The zero-order chi connectivity index (χ0) is 19.6. The number of rotatable bonds is 5. The van der Waals surface area contributed by atoms with Crippen LogP contribution in [0.2, 0.25) is 0 Å². The molecule has 3 rings (SSSR count). The Balaban J connectivity index is 1.62. The van der Waals surface area contributed by atoms with E-state index in [4.69, 9.17) is 4.74 Å². The molecule has 0 saturated carbocycles. The Bertz CT molecular complexity index is 935. The molecular formula is C17H18BrF2N3O3S. The van der Waals surface area contributed by atoms with Crippen molar-refractivity contribution in [2.45, 2.75) is 24.7 Å². The summed E-state index contributed by atoms with van der Waals surface area (Å²) in [7, 11) is -3.18. The molecule has 27 heavy (non-hydrogen) atoms. The molecule has 1 aliphatic rings. The molecular weight excluding hydrogens is 444 g/mol. The van der Waals surface area contributed by atoms with Gasteiger partial charge in [0.2, 0.25) is 0 Å². The van der Waals surface area contributed by atoms with Gasteiger partial charge in [0.25, 0.3) is 0 Å². The largest absolute Gasteiger partial charge is 0.487 e. The molecule has 0 N–H and O–H groups in total. The number of sulfone groups is 1. The number of hydrogen-bond donors (Lipinski definition) is 0. The molecule has 1 fully saturated rings. The van der Waals surface area contributed by atoms with E-state index < -0.39 is 21.5 Å². The summed E-state index contributed by atoms with van der Waals surface area (Å²) >= 11 is 3.35. The van der Waals surface area contributed by atoms with E-state index >= 15 is 0 Å². The van der Waals surface area contributed by atoms with Crippen LogP contribution >= 0.6 is 15.9 Å². The lowest BCUT2D eigenvalue weighted by molar-refractivity contribution is 0.163. The molecule has 1 aromatic carbocycles. The van der Waals surface area contributed by atoms with E-state index in [2.05, 4.69) is 25.9 Å². The Labute approximate surface area is 164 Å². The molecule has 0 amide bonds. The van der Waals surface area contributed by atoms with E-state index in [0.717, 1.165) is 18.4 Å². The molecule has 0 spiro atoms. The third-order valence-electron chi connectivity index (χ3n) is 4.10. The summed E-state index contributed by atoms with van der Waals surface area (Å²) in [5.41, 5.74) is 0.373. The highest BCUT2D eigenvalue weighted by molar-refractivity contribution is 9.10. The first-order valence-corrected chi connectivity index (χ1v) is 11.1. The van der Waals surface area contributed by atoms with Crippen LogP contribution in [0.4, 0.5) is 14.6 Å². The zero-order valence-corrected chi connectivity index (χ0v) is 16.9. The second-order valence-corrected chi connectivity index (χ2v) is 9.32. The maximum atomic E-state index is 13.7. The normalized spacial score (nSPS) is 15.8. The fourth-order valence-electron chi connectivity index (χ4n) is 2.88. The standard InChI is InChI=1S/C17H18BrF2N3O3S/c1-27(24,25)10-12-9-21-17(16(18)22-12)23-6-4-13(5-7-23)26-15-3-2-11(19)8-14(15)20/h2-3,8-9,13H,4-7,10H2,1H3. The smallest absolute Gasteiger partial charge is 0.167 e. The summed E-state index contributed by atoms with van der Waals surface area (Å²) in [4.78, 5) is 10.6. The topological polar surface area (TPSA) is 72.4 Å². The minimum absolute atomic E-state index is 0.0425. The summed E-state index contributed by atoms with van der Waals surface area (Å²) in [6, 6.07) is 3.26. The van der Waals surface area contributed by atoms with Gasteiger partial charge in [-0.15, -0.1) is 0 Å². The molecule has 1 aliphatic heterocycles. The van der Waals surface area contributed by atoms with Gasteiger partial charge in [0.05, 0.1) is 17.6 Å². The number of halogens is 3. The molecule has 146 valence electrons. The van der Waals surface area contributed by atoms with Crippen molar-refractivity contribution in [2.75, 3.05) is 24.2 Å². The third kappa shape index (κ3) is 5.35. The molecule has 1 saturated heterocycles. The first-order chi connectivity index (χ1) is 12.7. The van der Waals surface area contributed by atoms with Crippen LogP contribution in [0.25, 0.3) is 0 Å². The van der Waals surface area contributed by atoms with Crippen molar-refractivity contribution in [3.63, 3.8) is 0 Å². The summed E-state index contributed by atoms with van der Waals surface area (Å²) in [5.74, 6) is -0.859. The Kier molecular flexibility index (Phi) is 5.95. The highest BCUT2D eigenvalue weighted by Crippen LogP contribution is 2.28. The molecule has 0 unspecified atom stereocenters. The van der Waals surface area contributed by atoms with Crippen LogP contribution in [0, 0.1) is 11.6 Å². The van der Waals surface area contributed by atoms with Crippen LogP contribution in [0.15, 0.2) is 29.0 Å². The van der Waals surface area contributed by atoms with Crippen LogP contribution in [0.5, 0.6) is 5.75 Å². The van der Waals surface area contributed by atoms with Crippen LogP contribution in [0.1, 0.15) is 18.5 Å². The SMILES string of the molecule is CS(=O)(=O)Cc1cnc(N2CCC(Oc3ccc(F)cc3F)CC2)c(Br)n1. The fourth-order valence-corrected chi connectivity index (χ4v) is 4.14. The molecule has 0 radical (unpaired) electrons. The average Bonchev–Trinajstić information content (AvgIpc) is 2.57. The minimum atomic E-state index is -3.18. The number of anilines is 1. The number of nitrogens with zero attached hydrogens (tertiary/aromatic N) is 3. The lowest BCUT2D eigenvalue weighted by Gasteiger charge is -2.33. The second kappa shape index (κ2) is 8.05. The van der Waals surface area contributed by atoms with Gasteiger partial charge in [-0.1, -0.05) is 0 Å². The summed E-state index contributed by atoms with van der Waals surface area (Å²) < 4.78 is 55.6. The van der Waals surface area contributed by atoms with E-state index in [1.165, 1.54) is 12.3 Å². The van der Waals surface area contributed by atoms with Gasteiger partial charge in [-0.3, -0.25) is 0 Å². The fraction of sp³-hybridized carbons (Fsp3) is 0.412. The molecule has 10 heteroatoms. The van der Waals surface area contributed by atoms with Crippen molar-refractivity contribution in [1.29, 1.82) is 0 Å². The molecule has 2 heterocycles. The van der Waals surface area contributed by atoms with Gasteiger partial charge in [0, 0.05) is 38.3 Å². The number of ether oxygens (including phenoxy) is 1. The van der Waals surface area contributed by atoms with E-state index in [0.29, 0.717) is 42.0 Å². The summed E-state index contributed by atoms with van der Waals surface area (Å²) in [5, 5.41) is 0. The number of piperidine rings is 1. The summed E-state index contributed by atoms with van der Waals surface area (Å²) in [6.45, 7) is 1.23. The second-order valence-electron chi connectivity index (χ2n) is 6.42. The predicted octanol–water partition coefficient (Wildman–Crippen LogP) is 3.11. The van der Waals surface area contributed by atoms with Crippen LogP contribution in [0.3, 0.4) is 0 Å².